The number of likely N-dealkylation sites (N-methyl/N-ethyl adjacent to an activating group) is 1. The number of nitrogens with zero attached hydrogens (tertiary/aromatic N) is 2. The molecule has 1 aromatic rings. The van der Waals surface area contributed by atoms with Gasteiger partial charge >= 0.3 is 6.18 Å². The van der Waals surface area contributed by atoms with Crippen LogP contribution in [0.1, 0.15) is 24.5 Å². The highest BCUT2D eigenvalue weighted by molar-refractivity contribution is 6.17. The predicted octanol–water partition coefficient (Wildman–Crippen LogP) is 3.97. The largest absolute Gasteiger partial charge is 0.418 e. The molecule has 0 spiro atoms. The average Bonchev–Trinajstić information content (AvgIpc) is 2.46. The Hall–Kier alpha value is -0.940. The second-order valence-corrected chi connectivity index (χ2v) is 5.74. The van der Waals surface area contributed by atoms with E-state index in [0.717, 1.165) is 13.0 Å². The van der Waals surface area contributed by atoms with Crippen molar-refractivity contribution < 1.29 is 13.2 Å². The van der Waals surface area contributed by atoms with Crippen LogP contribution >= 0.6 is 11.6 Å². The Kier molecular flexibility index (Phi) is 5.04. The van der Waals surface area contributed by atoms with Crippen molar-refractivity contribution in [2.45, 2.75) is 31.4 Å². The van der Waals surface area contributed by atoms with Gasteiger partial charge in [-0.2, -0.15) is 13.2 Å². The normalized spacial score (nSPS) is 20.9. The fourth-order valence-corrected chi connectivity index (χ4v) is 2.94. The molecule has 0 aromatic heterocycles. The van der Waals surface area contributed by atoms with Crippen LogP contribution in [0, 0.1) is 0 Å². The third-order valence-electron chi connectivity index (χ3n) is 4.11. The van der Waals surface area contributed by atoms with Crippen LogP contribution in [0.2, 0.25) is 0 Å². The van der Waals surface area contributed by atoms with Crippen molar-refractivity contribution in [2.24, 2.45) is 0 Å². The monoisotopic (exact) mass is 320 g/mol. The van der Waals surface area contributed by atoms with Gasteiger partial charge in [-0.25, -0.2) is 0 Å². The Balaban J connectivity index is 2.35. The van der Waals surface area contributed by atoms with E-state index in [1.807, 2.05) is 11.9 Å². The average molecular weight is 321 g/mol. The highest BCUT2D eigenvalue weighted by Gasteiger charge is 2.36. The van der Waals surface area contributed by atoms with E-state index in [4.69, 9.17) is 11.6 Å². The van der Waals surface area contributed by atoms with Crippen molar-refractivity contribution in [3.63, 3.8) is 0 Å². The molecule has 2 nitrogen and oxygen atoms in total. The molecule has 1 aliphatic rings. The van der Waals surface area contributed by atoms with Gasteiger partial charge in [0.1, 0.15) is 0 Å². The molecular weight excluding hydrogens is 301 g/mol. The van der Waals surface area contributed by atoms with E-state index in [1.165, 1.54) is 6.07 Å². The van der Waals surface area contributed by atoms with Crippen LogP contribution in [0.4, 0.5) is 18.9 Å². The van der Waals surface area contributed by atoms with E-state index in [0.29, 0.717) is 18.7 Å². The summed E-state index contributed by atoms with van der Waals surface area (Å²) in [6.07, 6.45) is -3.43. The highest BCUT2D eigenvalue weighted by Crippen LogP contribution is 2.38. The SMILES string of the molecule is CCC1CN(c2ccc(CCl)cc2C(F)(F)F)CCN1C. The molecule has 0 bridgehead atoms. The van der Waals surface area contributed by atoms with Crippen molar-refractivity contribution in [3.05, 3.63) is 29.3 Å². The summed E-state index contributed by atoms with van der Waals surface area (Å²) >= 11 is 5.66. The van der Waals surface area contributed by atoms with Gasteiger partial charge in [0.05, 0.1) is 5.56 Å². The summed E-state index contributed by atoms with van der Waals surface area (Å²) < 4.78 is 39.9. The summed E-state index contributed by atoms with van der Waals surface area (Å²) in [7, 11) is 2.02. The minimum absolute atomic E-state index is 0.0870. The molecule has 21 heavy (non-hydrogen) atoms. The zero-order chi connectivity index (χ0) is 15.6. The number of hydrogen-bond acceptors (Lipinski definition) is 2. The number of halogens is 4. The molecule has 0 radical (unpaired) electrons. The lowest BCUT2D eigenvalue weighted by Crippen LogP contribution is -2.51. The summed E-state index contributed by atoms with van der Waals surface area (Å²) in [6, 6.07) is 4.68. The predicted molar refractivity (Wildman–Crippen MR) is 79.9 cm³/mol. The summed E-state index contributed by atoms with van der Waals surface area (Å²) in [5, 5.41) is 0. The third kappa shape index (κ3) is 3.64. The molecule has 1 aliphatic heterocycles. The quantitative estimate of drug-likeness (QED) is 0.777. The molecule has 6 heteroatoms. The van der Waals surface area contributed by atoms with Crippen LogP contribution < -0.4 is 4.90 Å². The van der Waals surface area contributed by atoms with Crippen LogP contribution in [0.3, 0.4) is 0 Å². The molecule has 0 N–H and O–H groups in total. The van der Waals surface area contributed by atoms with E-state index in [-0.39, 0.29) is 17.6 Å². The van der Waals surface area contributed by atoms with Gasteiger partial charge < -0.3 is 4.90 Å². The molecular formula is C15H20ClF3N2. The molecule has 1 saturated heterocycles. The molecule has 0 aliphatic carbocycles. The minimum atomic E-state index is -4.36. The second-order valence-electron chi connectivity index (χ2n) is 5.47. The van der Waals surface area contributed by atoms with Gasteiger partial charge in [0.2, 0.25) is 0 Å². The summed E-state index contributed by atoms with van der Waals surface area (Å²) in [5.74, 6) is 0.0870. The molecule has 1 atom stereocenters. The number of benzene rings is 1. The van der Waals surface area contributed by atoms with Crippen molar-refractivity contribution in [1.29, 1.82) is 0 Å². The van der Waals surface area contributed by atoms with Gasteiger partial charge in [0.25, 0.3) is 0 Å². The van der Waals surface area contributed by atoms with Crippen molar-refractivity contribution in [2.75, 3.05) is 31.6 Å². The van der Waals surface area contributed by atoms with Gasteiger partial charge in [0.15, 0.2) is 0 Å². The van der Waals surface area contributed by atoms with Gasteiger partial charge in [-0.15, -0.1) is 11.6 Å². The number of alkyl halides is 4. The molecule has 1 aromatic carbocycles. The lowest BCUT2D eigenvalue weighted by Gasteiger charge is -2.41. The Morgan fingerprint density at radius 3 is 2.57 bits per heavy atom. The first-order valence-corrected chi connectivity index (χ1v) is 7.61. The van der Waals surface area contributed by atoms with E-state index >= 15 is 0 Å². The summed E-state index contributed by atoms with van der Waals surface area (Å²) in [5.41, 5.74) is 0.178. The summed E-state index contributed by atoms with van der Waals surface area (Å²) in [6.45, 7) is 4.06. The van der Waals surface area contributed by atoms with Gasteiger partial charge in [-0.05, 0) is 31.2 Å². The van der Waals surface area contributed by atoms with Crippen LogP contribution in [0.15, 0.2) is 18.2 Å². The van der Waals surface area contributed by atoms with E-state index < -0.39 is 11.7 Å². The van der Waals surface area contributed by atoms with Gasteiger partial charge in [-0.1, -0.05) is 13.0 Å². The van der Waals surface area contributed by atoms with Crippen LogP contribution in [0.5, 0.6) is 0 Å². The highest BCUT2D eigenvalue weighted by atomic mass is 35.5. The smallest absolute Gasteiger partial charge is 0.368 e. The number of anilines is 1. The van der Waals surface area contributed by atoms with Gasteiger partial charge in [-0.3, -0.25) is 4.90 Å². The van der Waals surface area contributed by atoms with E-state index in [1.54, 1.807) is 12.1 Å². The molecule has 0 saturated carbocycles. The topological polar surface area (TPSA) is 6.48 Å². The Morgan fingerprint density at radius 1 is 1.29 bits per heavy atom. The zero-order valence-electron chi connectivity index (χ0n) is 12.3. The molecule has 2 rings (SSSR count). The lowest BCUT2D eigenvalue weighted by atomic mass is 10.0. The third-order valence-corrected chi connectivity index (χ3v) is 4.42. The fourth-order valence-electron chi connectivity index (χ4n) is 2.77. The maximum Gasteiger partial charge on any atom is 0.418 e. The van der Waals surface area contributed by atoms with Crippen LogP contribution in [-0.4, -0.2) is 37.6 Å². The Morgan fingerprint density at radius 2 is 2.00 bits per heavy atom. The van der Waals surface area contributed by atoms with E-state index in [2.05, 4.69) is 11.8 Å². The number of piperazine rings is 1. The van der Waals surface area contributed by atoms with Crippen LogP contribution in [0.25, 0.3) is 0 Å². The molecule has 1 fully saturated rings. The maximum atomic E-state index is 13.3. The first-order valence-electron chi connectivity index (χ1n) is 7.08. The fraction of sp³-hybridized carbons (Fsp3) is 0.600. The molecule has 0 amide bonds. The zero-order valence-corrected chi connectivity index (χ0v) is 13.0. The van der Waals surface area contributed by atoms with Crippen molar-refractivity contribution >= 4 is 17.3 Å². The lowest BCUT2D eigenvalue weighted by molar-refractivity contribution is -0.137. The second kappa shape index (κ2) is 6.44. The van der Waals surface area contributed by atoms with Crippen molar-refractivity contribution in [3.8, 4) is 0 Å². The van der Waals surface area contributed by atoms with Crippen LogP contribution in [-0.2, 0) is 12.1 Å². The standard InChI is InChI=1S/C15H20ClF3N2/c1-3-12-10-21(7-6-20(12)2)14-5-4-11(9-16)8-13(14)15(17,18)19/h4-5,8,12H,3,6-7,9-10H2,1-2H3. The molecule has 118 valence electrons. The number of rotatable bonds is 3. The summed E-state index contributed by atoms with van der Waals surface area (Å²) in [4.78, 5) is 4.05. The maximum absolute atomic E-state index is 13.3. The Bertz CT molecular complexity index is 490. The van der Waals surface area contributed by atoms with Crippen molar-refractivity contribution in [1.82, 2.24) is 4.90 Å². The number of hydrogen-bond donors (Lipinski definition) is 0. The molecule has 1 heterocycles. The minimum Gasteiger partial charge on any atom is -0.368 e. The first-order chi connectivity index (χ1) is 9.86. The molecule has 1 unspecified atom stereocenters. The Labute approximate surface area is 128 Å². The first kappa shape index (κ1) is 16.4. The van der Waals surface area contributed by atoms with E-state index in [9.17, 15) is 13.2 Å². The van der Waals surface area contributed by atoms with Gasteiger partial charge in [0, 0.05) is 37.2 Å².